The Hall–Kier alpha value is -0.473. The van der Waals surface area contributed by atoms with Crippen LogP contribution in [0.1, 0.15) is 61.3 Å². The van der Waals surface area contributed by atoms with Gasteiger partial charge >= 0.3 is 5.97 Å². The Morgan fingerprint density at radius 2 is 1.79 bits per heavy atom. The first-order valence-corrected chi connectivity index (χ1v) is 13.2. The number of carbonyl (C=O) groups is 1. The van der Waals surface area contributed by atoms with Crippen LogP contribution in [0, 0.1) is 11.3 Å². The zero-order valence-corrected chi connectivity index (χ0v) is 20.5. The van der Waals surface area contributed by atoms with Crippen LogP contribution in [0.4, 0.5) is 0 Å². The Balaban J connectivity index is 2.90. The van der Waals surface area contributed by atoms with Crippen LogP contribution in [0.2, 0.25) is 18.1 Å². The van der Waals surface area contributed by atoms with E-state index in [-0.39, 0.29) is 35.9 Å². The molecule has 0 saturated carbocycles. The fourth-order valence-electron chi connectivity index (χ4n) is 2.92. The molecule has 0 amide bonds. The van der Waals surface area contributed by atoms with E-state index in [1.165, 1.54) is 0 Å². The smallest absolute Gasteiger partial charge is 0.311 e. The fourth-order valence-corrected chi connectivity index (χ4v) is 4.29. The second kappa shape index (κ2) is 9.56. The molecule has 1 N–H and O–H groups in total. The molecule has 0 aromatic rings. The van der Waals surface area contributed by atoms with Crippen LogP contribution >= 0.6 is 0 Å². The van der Waals surface area contributed by atoms with Crippen LogP contribution in [0.15, 0.2) is 0 Å². The van der Waals surface area contributed by atoms with Crippen molar-refractivity contribution in [3.8, 4) is 0 Å². The van der Waals surface area contributed by atoms with E-state index in [1.54, 1.807) is 7.11 Å². The molecule has 1 fully saturated rings. The number of rotatable bonds is 8. The molecule has 1 rings (SSSR count). The van der Waals surface area contributed by atoms with E-state index in [0.29, 0.717) is 6.42 Å². The Bertz CT molecular complexity index is 508. The lowest BCUT2D eigenvalue weighted by Crippen LogP contribution is -2.51. The van der Waals surface area contributed by atoms with Crippen LogP contribution in [0.5, 0.6) is 0 Å². The maximum Gasteiger partial charge on any atom is 0.311 e. The standard InChI is InChI=1S/C21H42O6Si/c1-14-13-16(24-8)26-18(14)17(22)15(27-28(9,10)21(5,6)7)11-12-25-19(23)20(2,3)4/h14-18,22H,11-13H2,1-10H3/t14-,15-,16-,17+,18+/m1/s1. The Morgan fingerprint density at radius 1 is 1.21 bits per heavy atom. The molecule has 0 radical (unpaired) electrons. The first kappa shape index (κ1) is 25.6. The number of hydrogen-bond donors (Lipinski definition) is 1. The van der Waals surface area contributed by atoms with E-state index < -0.39 is 25.9 Å². The zero-order chi connectivity index (χ0) is 21.9. The van der Waals surface area contributed by atoms with E-state index >= 15 is 0 Å². The SMILES string of the molecule is CO[C@H]1C[C@@H](C)[C@@H]([C@@H](O)[C@@H](CCOC(=O)C(C)(C)C)O[Si](C)(C)C(C)(C)C)O1. The maximum absolute atomic E-state index is 12.1. The molecule has 0 aromatic heterocycles. The van der Waals surface area contributed by atoms with Gasteiger partial charge in [-0.3, -0.25) is 4.79 Å². The maximum atomic E-state index is 12.1. The third-order valence-corrected chi connectivity index (χ3v) is 10.4. The fraction of sp³-hybridized carbons (Fsp3) is 0.952. The normalized spacial score (nSPS) is 26.2. The van der Waals surface area contributed by atoms with Gasteiger partial charge in [0.1, 0.15) is 6.10 Å². The van der Waals surface area contributed by atoms with Crippen molar-refractivity contribution in [2.75, 3.05) is 13.7 Å². The summed E-state index contributed by atoms with van der Waals surface area (Å²) in [5.41, 5.74) is -0.552. The van der Waals surface area contributed by atoms with Crippen molar-refractivity contribution in [3.63, 3.8) is 0 Å². The van der Waals surface area contributed by atoms with Crippen LogP contribution in [0.3, 0.4) is 0 Å². The molecule has 0 spiro atoms. The van der Waals surface area contributed by atoms with Crippen molar-refractivity contribution in [1.29, 1.82) is 0 Å². The lowest BCUT2D eigenvalue weighted by atomic mass is 9.95. The molecule has 7 heteroatoms. The quantitative estimate of drug-likeness (QED) is 0.472. The third-order valence-electron chi connectivity index (χ3n) is 5.91. The summed E-state index contributed by atoms with van der Waals surface area (Å²) in [5.74, 6) is -0.0967. The molecule has 6 nitrogen and oxygen atoms in total. The third kappa shape index (κ3) is 6.80. The van der Waals surface area contributed by atoms with Gasteiger partial charge in [-0.2, -0.15) is 0 Å². The molecule has 0 bridgehead atoms. The number of carbonyl (C=O) groups excluding carboxylic acids is 1. The van der Waals surface area contributed by atoms with Gasteiger partial charge in [-0.15, -0.1) is 0 Å². The highest BCUT2D eigenvalue weighted by atomic mass is 28.4. The van der Waals surface area contributed by atoms with Crippen molar-refractivity contribution in [3.05, 3.63) is 0 Å². The summed E-state index contributed by atoms with van der Waals surface area (Å²) < 4.78 is 23.2. The van der Waals surface area contributed by atoms with E-state index in [0.717, 1.165) is 6.42 Å². The van der Waals surface area contributed by atoms with Gasteiger partial charge in [0, 0.05) is 20.0 Å². The minimum absolute atomic E-state index is 0.00424. The van der Waals surface area contributed by atoms with Crippen LogP contribution < -0.4 is 0 Å². The summed E-state index contributed by atoms with van der Waals surface area (Å²) in [6, 6.07) is 0. The predicted octanol–water partition coefficient (Wildman–Crippen LogP) is 4.11. The zero-order valence-electron chi connectivity index (χ0n) is 19.5. The minimum atomic E-state index is -2.13. The lowest BCUT2D eigenvalue weighted by Gasteiger charge is -2.41. The van der Waals surface area contributed by atoms with Crippen molar-refractivity contribution in [1.82, 2.24) is 0 Å². The molecule has 5 atom stereocenters. The largest absolute Gasteiger partial charge is 0.465 e. The van der Waals surface area contributed by atoms with Gasteiger partial charge in [-0.1, -0.05) is 27.7 Å². The highest BCUT2D eigenvalue weighted by Crippen LogP contribution is 2.39. The average Bonchev–Trinajstić information content (AvgIpc) is 2.92. The number of ether oxygens (including phenoxy) is 3. The first-order chi connectivity index (χ1) is 12.6. The second-order valence-electron chi connectivity index (χ2n) is 10.6. The van der Waals surface area contributed by atoms with Crippen LogP contribution in [0.25, 0.3) is 0 Å². The Morgan fingerprint density at radius 3 is 2.21 bits per heavy atom. The number of aliphatic hydroxyl groups is 1. The van der Waals surface area contributed by atoms with E-state index in [4.69, 9.17) is 18.6 Å². The Kier molecular flexibility index (Phi) is 8.73. The van der Waals surface area contributed by atoms with Crippen molar-refractivity contribution in [2.24, 2.45) is 11.3 Å². The van der Waals surface area contributed by atoms with Crippen LogP contribution in [-0.2, 0) is 23.4 Å². The summed E-state index contributed by atoms with van der Waals surface area (Å²) in [5, 5.41) is 11.1. The number of methoxy groups -OCH3 is 1. The summed E-state index contributed by atoms with van der Waals surface area (Å²) >= 11 is 0. The van der Waals surface area contributed by atoms with E-state index in [2.05, 4.69) is 40.8 Å². The number of esters is 1. The molecule has 0 aliphatic carbocycles. The van der Waals surface area contributed by atoms with Gasteiger partial charge in [0.05, 0.1) is 24.2 Å². The van der Waals surface area contributed by atoms with Gasteiger partial charge in [-0.25, -0.2) is 0 Å². The molecular weight excluding hydrogens is 376 g/mol. The molecule has 28 heavy (non-hydrogen) atoms. The molecular formula is C21H42O6Si. The highest BCUT2D eigenvalue weighted by Gasteiger charge is 2.45. The van der Waals surface area contributed by atoms with Crippen LogP contribution in [-0.4, -0.2) is 57.7 Å². The Labute approximate surface area is 172 Å². The number of hydrogen-bond acceptors (Lipinski definition) is 6. The molecule has 1 saturated heterocycles. The second-order valence-corrected chi connectivity index (χ2v) is 15.3. The molecule has 1 aliphatic heterocycles. The van der Waals surface area contributed by atoms with Gasteiger partial charge in [0.15, 0.2) is 14.6 Å². The highest BCUT2D eigenvalue weighted by molar-refractivity contribution is 6.74. The van der Waals surface area contributed by atoms with E-state index in [1.807, 2.05) is 20.8 Å². The van der Waals surface area contributed by atoms with Gasteiger partial charge in [0.25, 0.3) is 0 Å². The minimum Gasteiger partial charge on any atom is -0.465 e. The number of aliphatic hydroxyl groups excluding tert-OH is 1. The summed E-state index contributed by atoms with van der Waals surface area (Å²) in [6.45, 7) is 18.5. The molecule has 0 unspecified atom stereocenters. The predicted molar refractivity (Wildman–Crippen MR) is 113 cm³/mol. The van der Waals surface area contributed by atoms with Gasteiger partial charge < -0.3 is 23.7 Å². The lowest BCUT2D eigenvalue weighted by molar-refractivity contribution is -0.161. The van der Waals surface area contributed by atoms with Crippen molar-refractivity contribution < 1.29 is 28.5 Å². The van der Waals surface area contributed by atoms with Gasteiger partial charge in [0.2, 0.25) is 0 Å². The monoisotopic (exact) mass is 418 g/mol. The summed E-state index contributed by atoms with van der Waals surface area (Å²) in [6.07, 6.45) is -0.765. The average molecular weight is 419 g/mol. The van der Waals surface area contributed by atoms with E-state index in [9.17, 15) is 9.90 Å². The summed E-state index contributed by atoms with van der Waals surface area (Å²) in [7, 11) is -0.517. The first-order valence-electron chi connectivity index (χ1n) is 10.3. The summed E-state index contributed by atoms with van der Waals surface area (Å²) in [4.78, 5) is 12.1. The van der Waals surface area contributed by atoms with Gasteiger partial charge in [-0.05, 0) is 44.8 Å². The molecule has 166 valence electrons. The molecule has 0 aromatic carbocycles. The van der Waals surface area contributed by atoms with Crippen molar-refractivity contribution >= 4 is 14.3 Å². The topological polar surface area (TPSA) is 74.2 Å². The van der Waals surface area contributed by atoms with Crippen molar-refractivity contribution in [2.45, 2.75) is 104 Å². The molecule has 1 aliphatic rings. The molecule has 1 heterocycles.